The number of aliphatic hydroxyl groups excluding tert-OH is 1. The predicted octanol–water partition coefficient (Wildman–Crippen LogP) is 2.15. The minimum atomic E-state index is -1.09. The van der Waals surface area contributed by atoms with Gasteiger partial charge in [0.2, 0.25) is 0 Å². The zero-order valence-electron chi connectivity index (χ0n) is 12.4. The molecule has 1 amide bonds. The van der Waals surface area contributed by atoms with Crippen molar-refractivity contribution in [1.82, 2.24) is 9.80 Å². The van der Waals surface area contributed by atoms with Gasteiger partial charge in [-0.3, -0.25) is 9.69 Å². The number of rotatable bonds is 4. The van der Waals surface area contributed by atoms with Crippen LogP contribution in [0.3, 0.4) is 0 Å². The van der Waals surface area contributed by atoms with Gasteiger partial charge in [-0.2, -0.15) is 0 Å². The van der Waals surface area contributed by atoms with Crippen LogP contribution in [0.2, 0.25) is 5.02 Å². The zero-order chi connectivity index (χ0) is 16.3. The molecule has 1 saturated heterocycles. The smallest absolute Gasteiger partial charge is 0.255 e. The average molecular weight is 333 g/mol. The van der Waals surface area contributed by atoms with E-state index in [1.807, 2.05) is 6.92 Å². The van der Waals surface area contributed by atoms with E-state index in [4.69, 9.17) is 11.6 Å². The van der Waals surface area contributed by atoms with Crippen LogP contribution in [0.25, 0.3) is 0 Å². The Bertz CT molecular complexity index is 549. The molecule has 4 nitrogen and oxygen atoms in total. The lowest BCUT2D eigenvalue weighted by atomic mass is 10.1. The largest absolute Gasteiger partial charge is 0.392 e. The quantitative estimate of drug-likeness (QED) is 0.859. The molecule has 2 rings (SSSR count). The van der Waals surface area contributed by atoms with E-state index >= 15 is 0 Å². The molecular weight excluding hydrogens is 314 g/mol. The molecule has 0 aromatic heterocycles. The first-order valence-corrected chi connectivity index (χ1v) is 7.64. The number of hydrogen-bond acceptors (Lipinski definition) is 3. The van der Waals surface area contributed by atoms with Crippen molar-refractivity contribution in [3.05, 3.63) is 34.4 Å². The molecule has 0 aliphatic carbocycles. The first-order valence-electron chi connectivity index (χ1n) is 7.26. The Morgan fingerprint density at radius 3 is 2.45 bits per heavy atom. The first-order chi connectivity index (χ1) is 10.4. The summed E-state index contributed by atoms with van der Waals surface area (Å²) in [5.41, 5.74) is -0.0254. The molecule has 7 heteroatoms. The van der Waals surface area contributed by atoms with Crippen molar-refractivity contribution in [2.45, 2.75) is 19.4 Å². The third-order valence-electron chi connectivity index (χ3n) is 3.84. The number of aliphatic hydroxyl groups is 1. The van der Waals surface area contributed by atoms with E-state index in [-0.39, 0.29) is 16.7 Å². The predicted molar refractivity (Wildman–Crippen MR) is 80.0 cm³/mol. The van der Waals surface area contributed by atoms with Gasteiger partial charge in [-0.1, -0.05) is 18.5 Å². The molecular formula is C15H19ClF2N2O2. The van der Waals surface area contributed by atoms with Gasteiger partial charge < -0.3 is 10.0 Å². The maximum atomic E-state index is 13.3. The monoisotopic (exact) mass is 332 g/mol. The summed E-state index contributed by atoms with van der Waals surface area (Å²) in [4.78, 5) is 16.0. The van der Waals surface area contributed by atoms with Crippen LogP contribution in [0, 0.1) is 11.6 Å². The topological polar surface area (TPSA) is 43.8 Å². The molecule has 0 spiro atoms. The molecule has 1 heterocycles. The van der Waals surface area contributed by atoms with Gasteiger partial charge in [0, 0.05) is 32.7 Å². The second-order valence-corrected chi connectivity index (χ2v) is 5.81. The molecule has 122 valence electrons. The highest BCUT2D eigenvalue weighted by Crippen LogP contribution is 2.22. The summed E-state index contributed by atoms with van der Waals surface area (Å²) in [6, 6.07) is 1.66. The highest BCUT2D eigenvalue weighted by Gasteiger charge is 2.25. The minimum Gasteiger partial charge on any atom is -0.392 e. The number of nitrogens with zero attached hydrogens (tertiary/aromatic N) is 2. The number of β-amino-alcohol motifs (C(OH)–C–C–N with tert-alkyl or cyclic N) is 1. The van der Waals surface area contributed by atoms with Crippen LogP contribution in [0.15, 0.2) is 12.1 Å². The summed E-state index contributed by atoms with van der Waals surface area (Å²) >= 11 is 5.83. The fourth-order valence-corrected chi connectivity index (χ4v) is 2.65. The molecule has 1 N–H and O–H groups in total. The van der Waals surface area contributed by atoms with E-state index in [2.05, 4.69) is 4.90 Å². The van der Waals surface area contributed by atoms with Crippen molar-refractivity contribution >= 4 is 17.5 Å². The van der Waals surface area contributed by atoms with Crippen LogP contribution in [0.1, 0.15) is 23.7 Å². The third-order valence-corrected chi connectivity index (χ3v) is 4.15. The molecule has 1 fully saturated rings. The fourth-order valence-electron chi connectivity index (χ4n) is 2.42. The molecule has 1 aliphatic rings. The molecule has 0 unspecified atom stereocenters. The van der Waals surface area contributed by atoms with Gasteiger partial charge in [0.1, 0.15) is 0 Å². The van der Waals surface area contributed by atoms with Gasteiger partial charge in [-0.25, -0.2) is 8.78 Å². The van der Waals surface area contributed by atoms with Gasteiger partial charge in [0.15, 0.2) is 11.6 Å². The van der Waals surface area contributed by atoms with Crippen molar-refractivity contribution in [2.24, 2.45) is 0 Å². The molecule has 1 aliphatic heterocycles. The van der Waals surface area contributed by atoms with E-state index in [9.17, 15) is 18.7 Å². The summed E-state index contributed by atoms with van der Waals surface area (Å²) in [5.74, 6) is -2.56. The first kappa shape index (κ1) is 17.1. The van der Waals surface area contributed by atoms with Crippen molar-refractivity contribution in [2.75, 3.05) is 32.7 Å². The molecule has 1 aromatic carbocycles. The summed E-state index contributed by atoms with van der Waals surface area (Å²) in [5, 5.41) is 9.55. The Kier molecular flexibility index (Phi) is 5.72. The van der Waals surface area contributed by atoms with Crippen LogP contribution in [-0.2, 0) is 0 Å². The van der Waals surface area contributed by atoms with Crippen molar-refractivity contribution in [3.8, 4) is 0 Å². The van der Waals surface area contributed by atoms with Gasteiger partial charge in [0.25, 0.3) is 5.91 Å². The second kappa shape index (κ2) is 7.35. The number of amides is 1. The van der Waals surface area contributed by atoms with Gasteiger partial charge in [-0.05, 0) is 18.6 Å². The maximum absolute atomic E-state index is 13.3. The highest BCUT2D eigenvalue weighted by molar-refractivity contribution is 6.33. The Morgan fingerprint density at radius 2 is 1.86 bits per heavy atom. The second-order valence-electron chi connectivity index (χ2n) is 5.40. The molecule has 1 aromatic rings. The van der Waals surface area contributed by atoms with E-state index < -0.39 is 17.5 Å². The molecule has 0 radical (unpaired) electrons. The summed E-state index contributed by atoms with van der Waals surface area (Å²) < 4.78 is 26.3. The standard InChI is InChI=1S/C15H19ClF2N2O2/c1-2-10(21)9-19-3-5-20(6-4-19)15(22)11-7-13(17)14(18)8-12(11)16/h7-8,10,21H,2-6,9H2,1H3/t10-/m0/s1. The number of piperazine rings is 1. The van der Waals surface area contributed by atoms with E-state index in [1.54, 1.807) is 4.90 Å². The lowest BCUT2D eigenvalue weighted by Crippen LogP contribution is -2.50. The maximum Gasteiger partial charge on any atom is 0.255 e. The van der Waals surface area contributed by atoms with Crippen LogP contribution < -0.4 is 0 Å². The summed E-state index contributed by atoms with van der Waals surface area (Å²) in [6.07, 6.45) is 0.312. The third kappa shape index (κ3) is 3.94. The fraction of sp³-hybridized carbons (Fsp3) is 0.533. The van der Waals surface area contributed by atoms with Crippen molar-refractivity contribution in [1.29, 1.82) is 0 Å². The normalized spacial score (nSPS) is 17.6. The Labute approximate surface area is 133 Å². The Hall–Kier alpha value is -1.24. The number of hydrogen-bond donors (Lipinski definition) is 1. The van der Waals surface area contributed by atoms with E-state index in [0.29, 0.717) is 39.1 Å². The lowest BCUT2D eigenvalue weighted by molar-refractivity contribution is 0.0523. The molecule has 0 bridgehead atoms. The number of carbonyl (C=O) groups is 1. The summed E-state index contributed by atoms with van der Waals surface area (Å²) in [6.45, 7) is 4.67. The van der Waals surface area contributed by atoms with E-state index in [0.717, 1.165) is 12.1 Å². The van der Waals surface area contributed by atoms with Crippen LogP contribution >= 0.6 is 11.6 Å². The van der Waals surface area contributed by atoms with Crippen molar-refractivity contribution in [3.63, 3.8) is 0 Å². The molecule has 1 atom stereocenters. The summed E-state index contributed by atoms with van der Waals surface area (Å²) in [7, 11) is 0. The Morgan fingerprint density at radius 1 is 1.27 bits per heavy atom. The SMILES string of the molecule is CC[C@H](O)CN1CCN(C(=O)c2cc(F)c(F)cc2Cl)CC1. The van der Waals surface area contributed by atoms with Gasteiger partial charge >= 0.3 is 0 Å². The minimum absolute atomic E-state index is 0.0254. The Balaban J connectivity index is 1.99. The van der Waals surface area contributed by atoms with Gasteiger partial charge in [0.05, 0.1) is 16.7 Å². The van der Waals surface area contributed by atoms with Crippen molar-refractivity contribution < 1.29 is 18.7 Å². The van der Waals surface area contributed by atoms with Gasteiger partial charge in [-0.15, -0.1) is 0 Å². The van der Waals surface area contributed by atoms with E-state index in [1.165, 1.54) is 0 Å². The van der Waals surface area contributed by atoms with Crippen LogP contribution in [0.4, 0.5) is 8.78 Å². The lowest BCUT2D eigenvalue weighted by Gasteiger charge is -2.35. The highest BCUT2D eigenvalue weighted by atomic mass is 35.5. The molecule has 0 saturated carbocycles. The number of carbonyl (C=O) groups excluding carboxylic acids is 1. The average Bonchev–Trinajstić information content (AvgIpc) is 2.51. The zero-order valence-corrected chi connectivity index (χ0v) is 13.1. The van der Waals surface area contributed by atoms with Crippen LogP contribution in [-0.4, -0.2) is 59.6 Å². The van der Waals surface area contributed by atoms with Crippen LogP contribution in [0.5, 0.6) is 0 Å². The number of benzene rings is 1. The molecule has 22 heavy (non-hydrogen) atoms. The number of halogens is 3.